The highest BCUT2D eigenvalue weighted by atomic mass is 16.5. The molecule has 1 atom stereocenters. The Bertz CT molecular complexity index is 507. The van der Waals surface area contributed by atoms with E-state index < -0.39 is 0 Å². The molecule has 1 aliphatic carbocycles. The van der Waals surface area contributed by atoms with Gasteiger partial charge < -0.3 is 10.1 Å². The molecule has 1 heterocycles. The molecule has 3 rings (SSSR count). The Hall–Kier alpha value is -1.88. The minimum absolute atomic E-state index is 0.0338. The van der Waals surface area contributed by atoms with Crippen LogP contribution in [0.1, 0.15) is 30.1 Å². The number of benzene rings is 1. The molecule has 2 aromatic rings. The van der Waals surface area contributed by atoms with E-state index in [0.29, 0.717) is 6.10 Å². The van der Waals surface area contributed by atoms with Gasteiger partial charge in [-0.3, -0.25) is 0 Å². The molecular weight excluding hydrogens is 228 g/mol. The monoisotopic (exact) mass is 244 g/mol. The van der Waals surface area contributed by atoms with Crippen LogP contribution in [0.5, 0.6) is 5.75 Å². The molecule has 0 radical (unpaired) electrons. The lowest BCUT2D eigenvalue weighted by molar-refractivity contribution is 0.302. The third-order valence-corrected chi connectivity index (χ3v) is 3.04. The molecular formula is C13H16N4O. The largest absolute Gasteiger partial charge is 0.490 e. The van der Waals surface area contributed by atoms with Crippen molar-refractivity contribution in [2.75, 3.05) is 7.05 Å². The van der Waals surface area contributed by atoms with Crippen LogP contribution in [0.2, 0.25) is 0 Å². The van der Waals surface area contributed by atoms with Gasteiger partial charge in [0.2, 0.25) is 0 Å². The summed E-state index contributed by atoms with van der Waals surface area (Å²) in [6, 6.07) is 8.17. The second-order valence-corrected chi connectivity index (χ2v) is 4.51. The minimum atomic E-state index is 0.0338. The number of hydrogen-bond acceptors (Lipinski definition) is 4. The van der Waals surface area contributed by atoms with Crippen molar-refractivity contribution in [3.8, 4) is 5.75 Å². The lowest BCUT2D eigenvalue weighted by atomic mass is 10.0. The zero-order valence-electron chi connectivity index (χ0n) is 10.3. The summed E-state index contributed by atoms with van der Waals surface area (Å²) in [5, 5.41) is 13.9. The quantitative estimate of drug-likeness (QED) is 0.839. The van der Waals surface area contributed by atoms with Crippen LogP contribution in [-0.2, 0) is 0 Å². The summed E-state index contributed by atoms with van der Waals surface area (Å²) in [7, 11) is 1.91. The molecule has 1 fully saturated rings. The zero-order chi connectivity index (χ0) is 12.4. The van der Waals surface area contributed by atoms with E-state index >= 15 is 0 Å². The van der Waals surface area contributed by atoms with Crippen LogP contribution in [0.3, 0.4) is 0 Å². The van der Waals surface area contributed by atoms with E-state index in [2.05, 4.69) is 32.9 Å². The maximum Gasteiger partial charge on any atom is 0.120 e. The number of nitrogens with zero attached hydrogens (tertiary/aromatic N) is 2. The highest BCUT2D eigenvalue weighted by molar-refractivity contribution is 5.34. The number of nitrogens with one attached hydrogen (secondary N) is 2. The zero-order valence-corrected chi connectivity index (χ0v) is 10.3. The van der Waals surface area contributed by atoms with E-state index in [1.54, 1.807) is 6.20 Å². The van der Waals surface area contributed by atoms with Gasteiger partial charge in [0, 0.05) is 0 Å². The van der Waals surface area contributed by atoms with Gasteiger partial charge in [-0.25, -0.2) is 0 Å². The number of aromatic nitrogens is 3. The molecule has 5 nitrogen and oxygen atoms in total. The lowest BCUT2D eigenvalue weighted by Gasteiger charge is -2.15. The lowest BCUT2D eigenvalue weighted by Crippen LogP contribution is -2.18. The summed E-state index contributed by atoms with van der Waals surface area (Å²) in [4.78, 5) is 0. The average Bonchev–Trinajstić information content (AvgIpc) is 3.04. The fraction of sp³-hybridized carbons (Fsp3) is 0.385. The Morgan fingerprint density at radius 1 is 1.44 bits per heavy atom. The van der Waals surface area contributed by atoms with Gasteiger partial charge in [-0.2, -0.15) is 15.4 Å². The fourth-order valence-electron chi connectivity index (χ4n) is 1.98. The Morgan fingerprint density at radius 3 is 3.00 bits per heavy atom. The van der Waals surface area contributed by atoms with Crippen molar-refractivity contribution in [3.63, 3.8) is 0 Å². The Labute approximate surface area is 106 Å². The molecule has 18 heavy (non-hydrogen) atoms. The topological polar surface area (TPSA) is 62.8 Å². The summed E-state index contributed by atoms with van der Waals surface area (Å²) in [6.07, 6.45) is 4.49. The van der Waals surface area contributed by atoms with E-state index in [1.165, 1.54) is 12.8 Å². The molecule has 5 heteroatoms. The van der Waals surface area contributed by atoms with Crippen molar-refractivity contribution in [1.29, 1.82) is 0 Å². The van der Waals surface area contributed by atoms with Crippen LogP contribution >= 0.6 is 0 Å². The first-order chi connectivity index (χ1) is 8.86. The van der Waals surface area contributed by atoms with E-state index in [9.17, 15) is 0 Å². The molecule has 94 valence electrons. The molecule has 1 aliphatic rings. The predicted octanol–water partition coefficient (Wildman–Crippen LogP) is 1.65. The van der Waals surface area contributed by atoms with Gasteiger partial charge in [0.25, 0.3) is 0 Å². The van der Waals surface area contributed by atoms with Crippen molar-refractivity contribution in [3.05, 3.63) is 41.7 Å². The van der Waals surface area contributed by atoms with Crippen molar-refractivity contribution in [1.82, 2.24) is 20.7 Å². The van der Waals surface area contributed by atoms with Gasteiger partial charge >= 0.3 is 0 Å². The van der Waals surface area contributed by atoms with Crippen LogP contribution in [0.4, 0.5) is 0 Å². The molecule has 1 unspecified atom stereocenters. The SMILES string of the molecule is CNC(c1cccc(OC2CC2)c1)c1cn[nH]n1. The van der Waals surface area contributed by atoms with E-state index in [-0.39, 0.29) is 6.04 Å². The molecule has 0 amide bonds. The first kappa shape index (κ1) is 11.2. The summed E-state index contributed by atoms with van der Waals surface area (Å²) < 4.78 is 5.81. The van der Waals surface area contributed by atoms with E-state index in [0.717, 1.165) is 17.0 Å². The first-order valence-electron chi connectivity index (χ1n) is 6.16. The van der Waals surface area contributed by atoms with Gasteiger partial charge in [-0.1, -0.05) is 12.1 Å². The minimum Gasteiger partial charge on any atom is -0.490 e. The average molecular weight is 244 g/mol. The second kappa shape index (κ2) is 4.78. The van der Waals surface area contributed by atoms with Gasteiger partial charge in [-0.15, -0.1) is 0 Å². The molecule has 0 bridgehead atoms. The molecule has 2 N–H and O–H groups in total. The Morgan fingerprint density at radius 2 is 2.33 bits per heavy atom. The summed E-state index contributed by atoms with van der Waals surface area (Å²) >= 11 is 0. The molecule has 0 aliphatic heterocycles. The van der Waals surface area contributed by atoms with E-state index in [4.69, 9.17) is 4.74 Å². The first-order valence-corrected chi connectivity index (χ1v) is 6.16. The predicted molar refractivity (Wildman–Crippen MR) is 67.4 cm³/mol. The number of rotatable bonds is 5. The van der Waals surface area contributed by atoms with Crippen LogP contribution in [0.25, 0.3) is 0 Å². The van der Waals surface area contributed by atoms with E-state index in [1.807, 2.05) is 19.2 Å². The standard InChI is InChI=1S/C13H16N4O/c1-14-13(12-8-15-17-16-12)9-3-2-4-11(7-9)18-10-5-6-10/h2-4,7-8,10,13-14H,5-6H2,1H3,(H,15,16,17). The third-order valence-electron chi connectivity index (χ3n) is 3.04. The van der Waals surface area contributed by atoms with Crippen LogP contribution in [0.15, 0.2) is 30.5 Å². The molecule has 0 saturated heterocycles. The normalized spacial score (nSPS) is 16.5. The Kier molecular flexibility index (Phi) is 2.98. The Balaban J connectivity index is 1.84. The smallest absolute Gasteiger partial charge is 0.120 e. The van der Waals surface area contributed by atoms with Crippen molar-refractivity contribution in [2.24, 2.45) is 0 Å². The van der Waals surface area contributed by atoms with Gasteiger partial charge in [-0.05, 0) is 37.6 Å². The summed E-state index contributed by atoms with van der Waals surface area (Å²) in [5.74, 6) is 0.929. The molecule has 1 saturated carbocycles. The van der Waals surface area contributed by atoms with Crippen molar-refractivity contribution < 1.29 is 4.74 Å². The maximum atomic E-state index is 5.81. The van der Waals surface area contributed by atoms with Gasteiger partial charge in [0.1, 0.15) is 11.4 Å². The second-order valence-electron chi connectivity index (χ2n) is 4.51. The van der Waals surface area contributed by atoms with Gasteiger partial charge in [0.15, 0.2) is 0 Å². The fourth-order valence-corrected chi connectivity index (χ4v) is 1.98. The van der Waals surface area contributed by atoms with Crippen molar-refractivity contribution in [2.45, 2.75) is 25.0 Å². The summed E-state index contributed by atoms with van der Waals surface area (Å²) in [6.45, 7) is 0. The summed E-state index contributed by atoms with van der Waals surface area (Å²) in [5.41, 5.74) is 2.01. The van der Waals surface area contributed by atoms with Crippen LogP contribution in [-0.4, -0.2) is 28.6 Å². The highest BCUT2D eigenvalue weighted by Crippen LogP contribution is 2.29. The molecule has 0 spiro atoms. The van der Waals surface area contributed by atoms with Crippen LogP contribution < -0.4 is 10.1 Å². The van der Waals surface area contributed by atoms with Gasteiger partial charge in [0.05, 0.1) is 18.3 Å². The molecule has 1 aromatic carbocycles. The number of H-pyrrole nitrogens is 1. The van der Waals surface area contributed by atoms with Crippen molar-refractivity contribution >= 4 is 0 Å². The number of ether oxygens (including phenoxy) is 1. The third kappa shape index (κ3) is 2.36. The number of aromatic amines is 1. The number of hydrogen-bond donors (Lipinski definition) is 2. The maximum absolute atomic E-state index is 5.81. The van der Waals surface area contributed by atoms with Crippen LogP contribution in [0, 0.1) is 0 Å². The highest BCUT2D eigenvalue weighted by Gasteiger charge is 2.24. The molecule has 1 aromatic heterocycles.